The number of carbonyl (C=O) groups excluding carboxylic acids is 4. The molecule has 60 heavy (non-hydrogen) atoms. The largest absolute Gasteiger partial charge is 0.453 e. The van der Waals surface area contributed by atoms with E-state index in [0.717, 1.165) is 46.6 Å². The second-order valence-corrected chi connectivity index (χ2v) is 17.7. The number of amides is 4. The Morgan fingerprint density at radius 2 is 1.30 bits per heavy atom. The molecular formula is C44H48ClFN8O6. The van der Waals surface area contributed by atoms with Gasteiger partial charge in [0.15, 0.2) is 5.15 Å². The summed E-state index contributed by atoms with van der Waals surface area (Å²) in [7, 11) is 2.55. The summed E-state index contributed by atoms with van der Waals surface area (Å²) in [6.45, 7) is 7.53. The Bertz CT molecular complexity index is 2560. The number of nitrogens with one attached hydrogen (secondary N) is 4. The smallest absolute Gasteiger partial charge is 0.407 e. The van der Waals surface area contributed by atoms with Gasteiger partial charge >= 0.3 is 12.2 Å². The number of likely N-dealkylation sites (tertiary alicyclic amines) is 2. The van der Waals surface area contributed by atoms with Gasteiger partial charge < -0.3 is 39.9 Å². The molecule has 5 aromatic rings. The average molecular weight is 839 g/mol. The van der Waals surface area contributed by atoms with Crippen molar-refractivity contribution in [2.45, 2.75) is 89.6 Å². The highest BCUT2D eigenvalue weighted by Gasteiger charge is 2.57. The van der Waals surface area contributed by atoms with Gasteiger partial charge in [-0.15, -0.1) is 0 Å². The van der Waals surface area contributed by atoms with Gasteiger partial charge in [0.25, 0.3) is 0 Å². The van der Waals surface area contributed by atoms with E-state index in [4.69, 9.17) is 26.1 Å². The number of halogens is 2. The van der Waals surface area contributed by atoms with Gasteiger partial charge in [0.05, 0.1) is 43.0 Å². The zero-order valence-corrected chi connectivity index (χ0v) is 35.0. The van der Waals surface area contributed by atoms with E-state index in [2.05, 4.69) is 25.6 Å². The van der Waals surface area contributed by atoms with Crippen molar-refractivity contribution >= 4 is 57.4 Å². The SMILES string of the molecule is COC(=O)NC(C(=O)N1[C@@H]2C[C@@H]2C[C@H]1c1nc(Cl)c(-c2ccc(-c3ccc4c(ccc5nc([C@@H]6C[C@H]7C[C@H]7N6C(=O)[C@@H](NC(=O)OC)C(C)C)[nH]c54)c3)cc2F)[nH]1)C(C)C. The molecule has 14 nitrogen and oxygen atoms in total. The number of benzene rings is 3. The third kappa shape index (κ3) is 6.89. The van der Waals surface area contributed by atoms with Crippen LogP contribution in [0.15, 0.2) is 48.5 Å². The number of imidazole rings is 2. The molecule has 0 spiro atoms. The predicted octanol–water partition coefficient (Wildman–Crippen LogP) is 7.65. The Balaban J connectivity index is 0.954. The lowest BCUT2D eigenvalue weighted by Gasteiger charge is -2.31. The summed E-state index contributed by atoms with van der Waals surface area (Å²) in [5.41, 5.74) is 3.68. The molecule has 4 fully saturated rings. The molecule has 0 bridgehead atoms. The molecule has 2 saturated heterocycles. The minimum Gasteiger partial charge on any atom is -0.453 e. The number of H-pyrrole nitrogens is 2. The van der Waals surface area contributed by atoms with Crippen LogP contribution in [0.25, 0.3) is 44.2 Å². The Morgan fingerprint density at radius 1 is 0.750 bits per heavy atom. The fourth-order valence-corrected chi connectivity index (χ4v) is 9.76. The van der Waals surface area contributed by atoms with E-state index < -0.39 is 36.1 Å². The number of carbonyl (C=O) groups is 4. The van der Waals surface area contributed by atoms with Gasteiger partial charge in [-0.05, 0) is 90.1 Å². The van der Waals surface area contributed by atoms with Gasteiger partial charge in [-0.2, -0.15) is 0 Å². The number of alkyl carbamates (subject to hydrolysis) is 2. The third-order valence-electron chi connectivity index (χ3n) is 12.9. The van der Waals surface area contributed by atoms with Crippen LogP contribution < -0.4 is 10.6 Å². The first-order chi connectivity index (χ1) is 28.8. The van der Waals surface area contributed by atoms with Crippen molar-refractivity contribution < 1.29 is 33.0 Å². The van der Waals surface area contributed by atoms with Crippen molar-refractivity contribution in [1.82, 2.24) is 40.4 Å². The van der Waals surface area contributed by atoms with Crippen LogP contribution in [0.4, 0.5) is 14.0 Å². The normalized spacial score (nSPS) is 23.8. The minimum absolute atomic E-state index is 0.0413. The molecule has 1 unspecified atom stereocenters. The van der Waals surface area contributed by atoms with E-state index in [1.807, 2.05) is 69.0 Å². The number of hydrogen-bond acceptors (Lipinski definition) is 8. The van der Waals surface area contributed by atoms with Gasteiger partial charge in [-0.1, -0.05) is 63.6 Å². The highest BCUT2D eigenvalue weighted by Crippen LogP contribution is 2.55. The lowest BCUT2D eigenvalue weighted by atomic mass is 9.99. The van der Waals surface area contributed by atoms with Crippen molar-refractivity contribution in [2.75, 3.05) is 14.2 Å². The van der Waals surface area contributed by atoms with Crippen molar-refractivity contribution in [3.8, 4) is 22.4 Å². The van der Waals surface area contributed by atoms with Gasteiger partial charge in [0.1, 0.15) is 29.5 Å². The Kier molecular flexibility index (Phi) is 9.99. The standard InChI is InChI=1S/C44H48ClFN8O6/c1-19(2)34(50-43(57)59-5)41(55)53-30-15-24(30)17-32(53)39-47-29-12-9-23-13-21(7-10-26(23)36(29)48-39)22-8-11-27(28(46)14-22)37-38(45)52-40(49-37)33-18-25-16-31(25)54(33)42(56)35(20(3)4)51-44(58)60-6/h7-14,19-20,24-25,30-35H,15-18H2,1-6H3,(H,47,48)(H,49,52)(H,50,57)(H,51,58)/t24-,25-,30-,31-,32+,33+,34+,35?/m1/s1. The molecule has 9 rings (SSSR count). The molecule has 2 aliphatic heterocycles. The van der Waals surface area contributed by atoms with Crippen LogP contribution in [-0.4, -0.2) is 92.1 Å². The number of hydrogen-bond donors (Lipinski definition) is 4. The quantitative estimate of drug-likeness (QED) is 0.111. The van der Waals surface area contributed by atoms with Crippen molar-refractivity contribution in [2.24, 2.45) is 23.7 Å². The summed E-state index contributed by atoms with van der Waals surface area (Å²) in [5, 5.41) is 7.39. The van der Waals surface area contributed by atoms with Crippen LogP contribution in [-0.2, 0) is 19.1 Å². The number of fused-ring (bicyclic) bond motifs is 5. The van der Waals surface area contributed by atoms with E-state index in [0.29, 0.717) is 41.2 Å². The van der Waals surface area contributed by atoms with Crippen molar-refractivity contribution in [1.29, 1.82) is 0 Å². The topological polar surface area (TPSA) is 175 Å². The highest BCUT2D eigenvalue weighted by molar-refractivity contribution is 6.32. The number of piperidine rings is 2. The number of methoxy groups -OCH3 is 2. The fraction of sp³-hybridized carbons (Fsp3) is 0.455. The Hall–Kier alpha value is -5.70. The zero-order valence-electron chi connectivity index (χ0n) is 34.2. The summed E-state index contributed by atoms with van der Waals surface area (Å²) in [6.07, 6.45) is 1.99. The zero-order chi connectivity index (χ0) is 42.3. The molecular weight excluding hydrogens is 791 g/mol. The molecule has 2 saturated carbocycles. The van der Waals surface area contributed by atoms with E-state index >= 15 is 4.39 Å². The first-order valence-electron chi connectivity index (χ1n) is 20.6. The van der Waals surface area contributed by atoms with Crippen molar-refractivity contribution in [3.05, 3.63) is 71.2 Å². The average Bonchev–Trinajstić information content (AvgIpc) is 3.91. The molecule has 0 radical (unpaired) electrons. The molecule has 3 aromatic carbocycles. The lowest BCUT2D eigenvalue weighted by molar-refractivity contribution is -0.137. The van der Waals surface area contributed by atoms with Crippen LogP contribution >= 0.6 is 11.6 Å². The number of aromatic amines is 2. The maximum atomic E-state index is 16.1. The number of ether oxygens (including phenoxy) is 2. The molecule has 314 valence electrons. The number of nitrogens with zero attached hydrogens (tertiary/aromatic N) is 4. The summed E-state index contributed by atoms with van der Waals surface area (Å²) in [6, 6.07) is 12.9. The van der Waals surface area contributed by atoms with Crippen LogP contribution in [0.1, 0.15) is 77.1 Å². The van der Waals surface area contributed by atoms with E-state index in [9.17, 15) is 19.2 Å². The van der Waals surface area contributed by atoms with E-state index in [1.165, 1.54) is 20.3 Å². The molecule has 4 amide bonds. The van der Waals surface area contributed by atoms with Crippen LogP contribution in [0.3, 0.4) is 0 Å². The first-order valence-corrected chi connectivity index (χ1v) is 20.9. The first kappa shape index (κ1) is 39.7. The lowest BCUT2D eigenvalue weighted by Crippen LogP contribution is -2.52. The second-order valence-electron chi connectivity index (χ2n) is 17.3. The molecule has 4 heterocycles. The van der Waals surface area contributed by atoms with Gasteiger partial charge in [0.2, 0.25) is 11.8 Å². The van der Waals surface area contributed by atoms with Gasteiger partial charge in [-0.3, -0.25) is 9.59 Å². The van der Waals surface area contributed by atoms with Crippen LogP contribution in [0, 0.1) is 29.5 Å². The van der Waals surface area contributed by atoms with Crippen molar-refractivity contribution in [3.63, 3.8) is 0 Å². The molecule has 2 aliphatic carbocycles. The Morgan fingerprint density at radius 3 is 1.85 bits per heavy atom. The molecule has 4 aliphatic rings. The third-order valence-corrected chi connectivity index (χ3v) is 13.1. The fourth-order valence-electron chi connectivity index (χ4n) is 9.52. The molecule has 16 heteroatoms. The summed E-state index contributed by atoms with van der Waals surface area (Å²) in [4.78, 5) is 72.0. The molecule has 8 atom stereocenters. The molecule has 2 aromatic heterocycles. The maximum Gasteiger partial charge on any atom is 0.407 e. The summed E-state index contributed by atoms with van der Waals surface area (Å²) < 4.78 is 25.7. The van der Waals surface area contributed by atoms with Crippen LogP contribution in [0.2, 0.25) is 5.15 Å². The monoisotopic (exact) mass is 838 g/mol. The minimum atomic E-state index is -0.778. The Labute approximate surface area is 350 Å². The number of aromatic nitrogens is 4. The highest BCUT2D eigenvalue weighted by atomic mass is 35.5. The van der Waals surface area contributed by atoms with E-state index in [-0.39, 0.29) is 52.5 Å². The summed E-state index contributed by atoms with van der Waals surface area (Å²) >= 11 is 6.67. The molecule has 4 N–H and O–H groups in total. The second kappa shape index (κ2) is 15.1. The van der Waals surface area contributed by atoms with Gasteiger partial charge in [-0.25, -0.2) is 23.9 Å². The number of rotatable bonds is 10. The van der Waals surface area contributed by atoms with Gasteiger partial charge in [0, 0.05) is 23.0 Å². The summed E-state index contributed by atoms with van der Waals surface area (Å²) in [5.74, 6) is 0.749. The maximum absolute atomic E-state index is 16.1. The predicted molar refractivity (Wildman–Crippen MR) is 222 cm³/mol. The van der Waals surface area contributed by atoms with Crippen LogP contribution in [0.5, 0.6) is 0 Å². The van der Waals surface area contributed by atoms with E-state index in [1.54, 1.807) is 11.0 Å².